The van der Waals surface area contributed by atoms with Crippen molar-refractivity contribution in [3.8, 4) is 0 Å². The number of hydrogen-bond donors (Lipinski definition) is 0. The largest absolute Gasteiger partial charge is 0.443 e. The Morgan fingerprint density at radius 3 is 2.25 bits per heavy atom. The van der Waals surface area contributed by atoms with Crippen LogP contribution in [0.3, 0.4) is 0 Å². The molecule has 3 heterocycles. The van der Waals surface area contributed by atoms with Crippen molar-refractivity contribution in [2.24, 2.45) is 4.99 Å². The minimum atomic E-state index is -0.801. The van der Waals surface area contributed by atoms with Gasteiger partial charge < -0.3 is 14.4 Å². The van der Waals surface area contributed by atoms with Crippen LogP contribution in [0.5, 0.6) is 0 Å². The molecule has 0 N–H and O–H groups in total. The van der Waals surface area contributed by atoms with Gasteiger partial charge in [-0.15, -0.1) is 11.3 Å². The summed E-state index contributed by atoms with van der Waals surface area (Å²) in [5, 5.41) is 1.46. The molecule has 3 amide bonds. The molecule has 11 heteroatoms. The summed E-state index contributed by atoms with van der Waals surface area (Å²) in [6.07, 6.45) is -1.36. The molecule has 0 saturated carbocycles. The van der Waals surface area contributed by atoms with Crippen LogP contribution in [0.15, 0.2) is 29.3 Å². The molecule has 0 bridgehead atoms. The van der Waals surface area contributed by atoms with Gasteiger partial charge in [-0.2, -0.15) is 0 Å². The first-order valence-electron chi connectivity index (χ1n) is 13.1. The number of imide groups is 1. The van der Waals surface area contributed by atoms with Gasteiger partial charge in [0.2, 0.25) is 0 Å². The third-order valence-corrected chi connectivity index (χ3v) is 7.31. The van der Waals surface area contributed by atoms with Gasteiger partial charge in [-0.05, 0) is 79.7 Å². The predicted molar refractivity (Wildman–Crippen MR) is 159 cm³/mol. The molecule has 10 nitrogen and oxygen atoms in total. The molecular formula is C29H37N5O5S. The number of nitrogens with zero attached hydrogens (tertiary/aromatic N) is 5. The van der Waals surface area contributed by atoms with E-state index in [4.69, 9.17) is 14.5 Å². The average molecular weight is 568 g/mol. The molecule has 4 rings (SSSR count). The number of rotatable bonds is 1. The molecule has 1 atom stereocenters. The van der Waals surface area contributed by atoms with Crippen LogP contribution in [-0.4, -0.2) is 76.6 Å². The highest BCUT2D eigenvalue weighted by atomic mass is 32.1. The number of benzene rings is 1. The lowest BCUT2D eigenvalue weighted by Gasteiger charge is -2.31. The van der Waals surface area contributed by atoms with Crippen LogP contribution in [0.4, 0.5) is 21.1 Å². The van der Waals surface area contributed by atoms with Gasteiger partial charge in [0.25, 0.3) is 5.91 Å². The number of carbonyl (C=O) groups is 3. The Kier molecular flexibility index (Phi) is 7.57. The Morgan fingerprint density at radius 2 is 1.65 bits per heavy atom. The van der Waals surface area contributed by atoms with E-state index < -0.39 is 35.3 Å². The molecule has 1 aromatic carbocycles. The predicted octanol–water partition coefficient (Wildman–Crippen LogP) is 6.58. The Hall–Kier alpha value is -3.73. The lowest BCUT2D eigenvalue weighted by atomic mass is 10.1. The summed E-state index contributed by atoms with van der Waals surface area (Å²) in [4.78, 5) is 54.9. The zero-order valence-electron chi connectivity index (χ0n) is 24.8. The summed E-state index contributed by atoms with van der Waals surface area (Å²) in [7, 11) is 3.82. The van der Waals surface area contributed by atoms with Crippen LogP contribution in [0.2, 0.25) is 0 Å². The zero-order chi connectivity index (χ0) is 29.7. The van der Waals surface area contributed by atoms with Gasteiger partial charge >= 0.3 is 12.2 Å². The average Bonchev–Trinajstić information content (AvgIpc) is 3.15. The minimum Gasteiger partial charge on any atom is -0.443 e. The number of aromatic nitrogens is 1. The molecule has 3 aromatic rings. The Balaban J connectivity index is 1.96. The van der Waals surface area contributed by atoms with Crippen molar-refractivity contribution in [2.45, 2.75) is 72.6 Å². The summed E-state index contributed by atoms with van der Waals surface area (Å²) >= 11 is 1.22. The number of hydrogen-bond acceptors (Lipinski definition) is 8. The maximum absolute atomic E-state index is 14.0. The Morgan fingerprint density at radius 1 is 1.02 bits per heavy atom. The number of anilines is 1. The number of fused-ring (bicyclic) bond motifs is 5. The first kappa shape index (κ1) is 29.3. The van der Waals surface area contributed by atoms with Gasteiger partial charge in [0.05, 0.1) is 23.8 Å². The van der Waals surface area contributed by atoms with Gasteiger partial charge in [-0.1, -0.05) is 0 Å². The van der Waals surface area contributed by atoms with Crippen molar-refractivity contribution in [3.63, 3.8) is 0 Å². The van der Waals surface area contributed by atoms with Crippen molar-refractivity contribution < 1.29 is 23.9 Å². The van der Waals surface area contributed by atoms with Crippen molar-refractivity contribution in [1.82, 2.24) is 14.8 Å². The van der Waals surface area contributed by atoms with Crippen LogP contribution >= 0.6 is 11.3 Å². The highest BCUT2D eigenvalue weighted by Gasteiger charge is 2.42. The summed E-state index contributed by atoms with van der Waals surface area (Å²) in [5.74, 6) is 0.826. The van der Waals surface area contributed by atoms with E-state index in [1.807, 2.05) is 50.2 Å². The Bertz CT molecular complexity index is 1530. The first-order valence-corrected chi connectivity index (χ1v) is 13.9. The third kappa shape index (κ3) is 5.89. The topological polar surface area (TPSA) is 105 Å². The second kappa shape index (κ2) is 10.3. The summed E-state index contributed by atoms with van der Waals surface area (Å²) in [6.45, 7) is 14.2. The maximum atomic E-state index is 14.0. The number of ether oxygens (including phenoxy) is 2. The molecule has 0 aliphatic carbocycles. The number of pyridine rings is 1. The molecule has 0 radical (unpaired) electrons. The lowest BCUT2D eigenvalue weighted by Crippen LogP contribution is -2.49. The third-order valence-electron chi connectivity index (χ3n) is 6.18. The van der Waals surface area contributed by atoms with E-state index in [1.165, 1.54) is 16.2 Å². The number of aliphatic imine (C=N–C) groups is 1. The summed E-state index contributed by atoms with van der Waals surface area (Å²) < 4.78 is 12.1. The van der Waals surface area contributed by atoms with Crippen molar-refractivity contribution in [1.29, 1.82) is 0 Å². The van der Waals surface area contributed by atoms with E-state index in [0.717, 1.165) is 20.8 Å². The second-order valence-corrected chi connectivity index (χ2v) is 13.2. The van der Waals surface area contributed by atoms with E-state index in [0.29, 0.717) is 22.4 Å². The van der Waals surface area contributed by atoms with Crippen molar-refractivity contribution in [2.75, 3.05) is 25.5 Å². The molecular weight excluding hydrogens is 530 g/mol. The Labute approximate surface area is 238 Å². The van der Waals surface area contributed by atoms with E-state index >= 15 is 0 Å². The maximum Gasteiger partial charge on any atom is 0.417 e. The molecule has 0 saturated heterocycles. The summed E-state index contributed by atoms with van der Waals surface area (Å²) in [5.41, 5.74) is -0.498. The molecule has 40 heavy (non-hydrogen) atoms. The number of amides is 3. The van der Waals surface area contributed by atoms with Crippen LogP contribution in [0, 0.1) is 0 Å². The highest BCUT2D eigenvalue weighted by Crippen LogP contribution is 2.45. The number of amidine groups is 1. The van der Waals surface area contributed by atoms with Crippen LogP contribution in [0.1, 0.15) is 65.1 Å². The van der Waals surface area contributed by atoms with Crippen molar-refractivity contribution in [3.05, 3.63) is 29.1 Å². The number of thiophene rings is 1. The smallest absolute Gasteiger partial charge is 0.417 e. The van der Waals surface area contributed by atoms with E-state index in [1.54, 1.807) is 48.5 Å². The fourth-order valence-corrected chi connectivity index (χ4v) is 5.47. The number of carbonyl (C=O) groups excluding carboxylic acids is 3. The zero-order valence-corrected chi connectivity index (χ0v) is 25.6. The van der Waals surface area contributed by atoms with E-state index in [9.17, 15) is 14.4 Å². The lowest BCUT2D eigenvalue weighted by molar-refractivity contribution is 0.0182. The van der Waals surface area contributed by atoms with Crippen LogP contribution < -0.4 is 4.90 Å². The first-order chi connectivity index (χ1) is 18.5. The molecule has 1 aliphatic rings. The molecule has 0 spiro atoms. The second-order valence-electron chi connectivity index (χ2n) is 12.1. The highest BCUT2D eigenvalue weighted by molar-refractivity contribution is 7.21. The van der Waals surface area contributed by atoms with Crippen LogP contribution in [-0.2, 0) is 9.47 Å². The molecule has 0 unspecified atom stereocenters. The fraction of sp³-hybridized carbons (Fsp3) is 0.483. The molecule has 2 aromatic heterocycles. The monoisotopic (exact) mass is 567 g/mol. The van der Waals surface area contributed by atoms with Crippen molar-refractivity contribution >= 4 is 67.8 Å². The standard InChI is InChI=1S/C29H37N5O5S/c1-16-15-33(26(36)38-28(3,4)5)23-22-18-11-14-21(30-17(2)32(9)10)31-19(18)12-13-20(22)40-24(23)25(35)34(16)27(37)39-29(6,7)8/h11-14,16H,15H2,1-10H3/b30-17+/t16-/m1/s1. The van der Waals surface area contributed by atoms with E-state index in [2.05, 4.69) is 4.99 Å². The molecule has 1 aliphatic heterocycles. The molecule has 0 fully saturated rings. The minimum absolute atomic E-state index is 0.0347. The van der Waals surface area contributed by atoms with Gasteiger partial charge in [0, 0.05) is 29.6 Å². The quantitative estimate of drug-likeness (QED) is 0.242. The van der Waals surface area contributed by atoms with Gasteiger partial charge in [0.1, 0.15) is 21.9 Å². The normalized spacial score (nSPS) is 16.7. The summed E-state index contributed by atoms with van der Waals surface area (Å²) in [6, 6.07) is 6.78. The van der Waals surface area contributed by atoms with Gasteiger partial charge in [0.15, 0.2) is 5.82 Å². The van der Waals surface area contributed by atoms with Gasteiger partial charge in [-0.25, -0.2) is 24.5 Å². The molecule has 214 valence electrons. The SMILES string of the molecule is C/C(=N\c1ccc2c(ccc3sc4c(c32)N(C(=O)OC(C)(C)C)C[C@@H](C)N(C(=O)OC(C)(C)C)C4=O)n1)N(C)C. The fourth-order valence-electron chi connectivity index (χ4n) is 4.31. The van der Waals surface area contributed by atoms with Crippen LogP contribution in [0.25, 0.3) is 21.0 Å². The van der Waals surface area contributed by atoms with E-state index in [-0.39, 0.29) is 11.4 Å². The van der Waals surface area contributed by atoms with Gasteiger partial charge in [-0.3, -0.25) is 9.69 Å².